The first-order valence-electron chi connectivity index (χ1n) is 12.2. The number of unbranched alkanes of at least 4 members (excludes halogenated alkanes) is 1. The fraction of sp³-hybridized carbons (Fsp3) is 0.414. The van der Waals surface area contributed by atoms with Crippen molar-refractivity contribution in [3.05, 3.63) is 69.9 Å². The van der Waals surface area contributed by atoms with Gasteiger partial charge in [0.1, 0.15) is 16.6 Å². The number of hydrogen-bond donors (Lipinski definition) is 1. The largest absolute Gasteiger partial charge is 0.496 e. The van der Waals surface area contributed by atoms with Crippen molar-refractivity contribution >= 4 is 22.9 Å². The lowest BCUT2D eigenvalue weighted by Crippen LogP contribution is -2.21. The second-order valence-corrected chi connectivity index (χ2v) is 9.60. The van der Waals surface area contributed by atoms with Gasteiger partial charge in [0.15, 0.2) is 0 Å². The number of hydrogen-bond acceptors (Lipinski definition) is 5. The third-order valence-corrected chi connectivity index (χ3v) is 6.80. The lowest BCUT2D eigenvalue weighted by molar-refractivity contribution is 0.412. The molecule has 0 unspecified atom stereocenters. The SMILES string of the molecule is CC/C=C(/C=C\C(C)=NC)CN=C(N/C=C/CCC)c1cc(-c2nc(C)c(C)s2)cc(OC)c1C. The van der Waals surface area contributed by atoms with Crippen LogP contribution in [0.5, 0.6) is 5.75 Å². The van der Waals surface area contributed by atoms with Gasteiger partial charge in [-0.05, 0) is 70.5 Å². The predicted octanol–water partition coefficient (Wildman–Crippen LogP) is 7.38. The minimum Gasteiger partial charge on any atom is -0.496 e. The summed E-state index contributed by atoms with van der Waals surface area (Å²) in [7, 11) is 3.52. The number of rotatable bonds is 11. The van der Waals surface area contributed by atoms with E-state index in [-0.39, 0.29) is 0 Å². The van der Waals surface area contributed by atoms with Crippen LogP contribution in [0.2, 0.25) is 0 Å². The van der Waals surface area contributed by atoms with Crippen molar-refractivity contribution in [1.82, 2.24) is 10.3 Å². The van der Waals surface area contributed by atoms with Crippen LogP contribution < -0.4 is 10.1 Å². The topological polar surface area (TPSA) is 58.9 Å². The molecule has 0 saturated heterocycles. The van der Waals surface area contributed by atoms with Crippen LogP contribution in [-0.4, -0.2) is 37.2 Å². The molecule has 0 atom stereocenters. The van der Waals surface area contributed by atoms with Crippen molar-refractivity contribution in [3.8, 4) is 16.3 Å². The fourth-order valence-electron chi connectivity index (χ4n) is 3.38. The first kappa shape index (κ1) is 28.2. The highest BCUT2D eigenvalue weighted by molar-refractivity contribution is 7.15. The first-order chi connectivity index (χ1) is 16.8. The molecule has 0 spiro atoms. The van der Waals surface area contributed by atoms with E-state index >= 15 is 0 Å². The molecular formula is C29H40N4OS. The highest BCUT2D eigenvalue weighted by atomic mass is 32.1. The average Bonchev–Trinajstić information content (AvgIpc) is 3.19. The lowest BCUT2D eigenvalue weighted by Gasteiger charge is -2.15. The molecule has 1 aromatic carbocycles. The molecule has 0 amide bonds. The van der Waals surface area contributed by atoms with Crippen LogP contribution in [0, 0.1) is 20.8 Å². The summed E-state index contributed by atoms with van der Waals surface area (Å²) in [5.74, 6) is 1.64. The Morgan fingerprint density at radius 3 is 2.54 bits per heavy atom. The van der Waals surface area contributed by atoms with Crippen molar-refractivity contribution in [2.24, 2.45) is 9.98 Å². The van der Waals surface area contributed by atoms with Crippen molar-refractivity contribution in [3.63, 3.8) is 0 Å². The summed E-state index contributed by atoms with van der Waals surface area (Å²) in [4.78, 5) is 15.3. The molecular weight excluding hydrogens is 452 g/mol. The smallest absolute Gasteiger partial charge is 0.133 e. The van der Waals surface area contributed by atoms with Crippen molar-refractivity contribution in [2.45, 2.75) is 60.8 Å². The molecule has 2 rings (SSSR count). The van der Waals surface area contributed by atoms with E-state index in [4.69, 9.17) is 14.7 Å². The summed E-state index contributed by atoms with van der Waals surface area (Å²) in [5, 5.41) is 4.44. The number of allylic oxidation sites excluding steroid dienone is 3. The molecule has 0 radical (unpaired) electrons. The minimum absolute atomic E-state index is 0.562. The molecule has 0 aliphatic rings. The number of nitrogens with one attached hydrogen (secondary N) is 1. The Labute approximate surface area is 215 Å². The van der Waals surface area contributed by atoms with E-state index in [0.29, 0.717) is 6.54 Å². The summed E-state index contributed by atoms with van der Waals surface area (Å²) < 4.78 is 5.76. The average molecular weight is 493 g/mol. The number of aryl methyl sites for hydroxylation is 2. The molecule has 2 aromatic rings. The van der Waals surface area contributed by atoms with E-state index in [1.807, 2.05) is 19.2 Å². The molecule has 6 heteroatoms. The van der Waals surface area contributed by atoms with Crippen LogP contribution in [0.1, 0.15) is 61.7 Å². The quantitative estimate of drug-likeness (QED) is 0.202. The molecule has 5 nitrogen and oxygen atoms in total. The zero-order valence-corrected chi connectivity index (χ0v) is 23.3. The highest BCUT2D eigenvalue weighted by Crippen LogP contribution is 2.33. The Bertz CT molecular complexity index is 1120. The van der Waals surface area contributed by atoms with Gasteiger partial charge in [0.25, 0.3) is 0 Å². The normalized spacial score (nSPS) is 13.3. The third kappa shape index (κ3) is 8.32. The molecule has 1 aromatic heterocycles. The number of aromatic nitrogens is 1. The second kappa shape index (κ2) is 14.4. The number of benzene rings is 1. The molecule has 0 aliphatic heterocycles. The first-order valence-corrected chi connectivity index (χ1v) is 13.1. The Morgan fingerprint density at radius 2 is 1.94 bits per heavy atom. The fourth-order valence-corrected chi connectivity index (χ4v) is 4.28. The number of methoxy groups -OCH3 is 1. The Balaban J connectivity index is 2.57. The molecule has 0 aliphatic carbocycles. The molecule has 0 saturated carbocycles. The number of aliphatic imine (C=N–C) groups is 2. The van der Waals surface area contributed by atoms with Gasteiger partial charge in [0.2, 0.25) is 0 Å². The maximum absolute atomic E-state index is 5.76. The zero-order chi connectivity index (χ0) is 25.8. The van der Waals surface area contributed by atoms with Crippen LogP contribution >= 0.6 is 11.3 Å². The Hall–Kier alpha value is -2.99. The van der Waals surface area contributed by atoms with Crippen LogP contribution in [0.15, 0.2) is 58.2 Å². The standard InChI is InChI=1S/C29H40N4OS/c1-9-11-12-16-31-28(32-19-24(13-10-2)15-14-20(3)30-7)26-17-25(18-27(34-8)21(26)4)29-33-22(5)23(6)35-29/h12-18H,9-11,19H2,1-8H3,(H,31,32)/b15-14-,16-12+,24-13-,30-20?. The second-order valence-electron chi connectivity index (χ2n) is 8.40. The number of nitrogens with zero attached hydrogens (tertiary/aromatic N) is 3. The van der Waals surface area contributed by atoms with Gasteiger partial charge in [-0.3, -0.25) is 9.98 Å². The maximum atomic E-state index is 5.76. The summed E-state index contributed by atoms with van der Waals surface area (Å²) in [6, 6.07) is 4.24. The molecule has 0 fully saturated rings. The summed E-state index contributed by atoms with van der Waals surface area (Å²) in [5.41, 5.74) is 6.29. The summed E-state index contributed by atoms with van der Waals surface area (Å²) in [6.07, 6.45) is 13.5. The minimum atomic E-state index is 0.562. The van der Waals surface area contributed by atoms with E-state index in [2.05, 4.69) is 75.3 Å². The maximum Gasteiger partial charge on any atom is 0.133 e. The van der Waals surface area contributed by atoms with E-state index in [9.17, 15) is 0 Å². The van der Waals surface area contributed by atoms with Crippen molar-refractivity contribution in [2.75, 3.05) is 20.7 Å². The number of ether oxygens (including phenoxy) is 1. The van der Waals surface area contributed by atoms with Gasteiger partial charge in [0, 0.05) is 34.3 Å². The van der Waals surface area contributed by atoms with Crippen molar-refractivity contribution in [1.29, 1.82) is 0 Å². The van der Waals surface area contributed by atoms with E-state index in [1.54, 1.807) is 25.5 Å². The third-order valence-electron chi connectivity index (χ3n) is 5.68. The predicted molar refractivity (Wildman–Crippen MR) is 153 cm³/mol. The number of amidine groups is 1. The summed E-state index contributed by atoms with van der Waals surface area (Å²) >= 11 is 1.70. The van der Waals surface area contributed by atoms with Crippen LogP contribution in [0.3, 0.4) is 0 Å². The molecule has 35 heavy (non-hydrogen) atoms. The summed E-state index contributed by atoms with van der Waals surface area (Å²) in [6.45, 7) is 13.1. The van der Waals surface area contributed by atoms with Gasteiger partial charge in [0.05, 0.1) is 19.3 Å². The molecule has 0 bridgehead atoms. The van der Waals surface area contributed by atoms with E-state index < -0.39 is 0 Å². The Morgan fingerprint density at radius 1 is 1.17 bits per heavy atom. The van der Waals surface area contributed by atoms with Gasteiger partial charge >= 0.3 is 0 Å². The van der Waals surface area contributed by atoms with Gasteiger partial charge in [-0.15, -0.1) is 11.3 Å². The van der Waals surface area contributed by atoms with E-state index in [0.717, 1.165) is 69.5 Å². The highest BCUT2D eigenvalue weighted by Gasteiger charge is 2.16. The van der Waals surface area contributed by atoms with Gasteiger partial charge in [-0.2, -0.15) is 0 Å². The van der Waals surface area contributed by atoms with Crippen molar-refractivity contribution < 1.29 is 4.74 Å². The Kier molecular flexibility index (Phi) is 11.6. The zero-order valence-electron chi connectivity index (χ0n) is 22.5. The molecule has 1 heterocycles. The van der Waals surface area contributed by atoms with Crippen LogP contribution in [0.25, 0.3) is 10.6 Å². The monoisotopic (exact) mass is 492 g/mol. The van der Waals surface area contributed by atoms with Crippen LogP contribution in [0.4, 0.5) is 0 Å². The van der Waals surface area contributed by atoms with Crippen LogP contribution in [-0.2, 0) is 0 Å². The molecule has 188 valence electrons. The van der Waals surface area contributed by atoms with Gasteiger partial charge in [-0.1, -0.05) is 38.5 Å². The van der Waals surface area contributed by atoms with E-state index in [1.165, 1.54) is 4.88 Å². The van der Waals surface area contributed by atoms with Gasteiger partial charge < -0.3 is 10.1 Å². The molecule has 1 N–H and O–H groups in total. The van der Waals surface area contributed by atoms with Gasteiger partial charge in [-0.25, -0.2) is 4.98 Å². The number of thiazole rings is 1. The lowest BCUT2D eigenvalue weighted by atomic mass is 10.0.